The molecule has 3 aromatic carbocycles. The number of Topliss-reactive ketones (excluding diaryl/α,β-unsaturated/α-hetero) is 1. The number of ketones is 1. The molecule has 0 bridgehead atoms. The number of carbonyl (C=O) groups excluding carboxylic acids is 1. The summed E-state index contributed by atoms with van der Waals surface area (Å²) in [5.74, 6) is -0.00683. The average Bonchev–Trinajstić information content (AvgIpc) is 2.71. The molecule has 0 saturated carbocycles. The molecule has 0 saturated heterocycles. The van der Waals surface area contributed by atoms with Gasteiger partial charge in [-0.3, -0.25) is 9.52 Å². The van der Waals surface area contributed by atoms with Gasteiger partial charge in [-0.15, -0.1) is 0 Å². The lowest BCUT2D eigenvalue weighted by Crippen LogP contribution is -2.47. The van der Waals surface area contributed by atoms with Crippen LogP contribution in [0.4, 0.5) is 5.69 Å². The third kappa shape index (κ3) is 5.83. The van der Waals surface area contributed by atoms with Gasteiger partial charge in [0.2, 0.25) is 0 Å². The second kappa shape index (κ2) is 9.62. The van der Waals surface area contributed by atoms with Crippen LogP contribution in [0.2, 0.25) is 10.0 Å². The first kappa shape index (κ1) is 22.3. The van der Waals surface area contributed by atoms with E-state index < -0.39 is 10.0 Å². The summed E-state index contributed by atoms with van der Waals surface area (Å²) in [7, 11) is -3.71. The summed E-state index contributed by atoms with van der Waals surface area (Å²) in [6.45, 7) is 0.637. The van der Waals surface area contributed by atoms with Crippen LogP contribution < -0.4 is 10.5 Å². The third-order valence-corrected chi connectivity index (χ3v) is 6.65. The number of sulfonamides is 1. The first-order chi connectivity index (χ1) is 14.3. The predicted molar refractivity (Wildman–Crippen MR) is 119 cm³/mol. The van der Waals surface area contributed by atoms with Crippen LogP contribution in [0.1, 0.15) is 16.7 Å². The highest BCUT2D eigenvalue weighted by Gasteiger charge is 2.15. The number of hydrogen-bond acceptors (Lipinski definition) is 3. The van der Waals surface area contributed by atoms with Crippen LogP contribution >= 0.6 is 23.2 Å². The number of rotatable bonds is 8. The Bertz CT molecular complexity index is 1150. The van der Waals surface area contributed by atoms with Crippen LogP contribution in [0.25, 0.3) is 0 Å². The summed E-state index contributed by atoms with van der Waals surface area (Å²) in [6, 6.07) is 18.4. The Balaban J connectivity index is 1.64. The van der Waals surface area contributed by atoms with E-state index in [0.29, 0.717) is 22.3 Å². The van der Waals surface area contributed by atoms with Crippen molar-refractivity contribution < 1.29 is 18.9 Å². The lowest BCUT2D eigenvalue weighted by molar-refractivity contribution is -0.386. The molecule has 8 heteroatoms. The normalized spacial score (nSPS) is 11.3. The van der Waals surface area contributed by atoms with E-state index in [1.165, 1.54) is 12.1 Å². The fourth-order valence-corrected chi connectivity index (χ4v) is 4.29. The molecule has 0 fully saturated rings. The van der Waals surface area contributed by atoms with E-state index in [-0.39, 0.29) is 23.5 Å². The van der Waals surface area contributed by atoms with Crippen molar-refractivity contribution in [3.05, 3.63) is 93.5 Å². The molecule has 0 aromatic heterocycles. The molecule has 30 heavy (non-hydrogen) atoms. The number of hydrogen-bond donors (Lipinski definition) is 2. The zero-order valence-electron chi connectivity index (χ0n) is 16.1. The molecule has 0 aliphatic heterocycles. The summed E-state index contributed by atoms with van der Waals surface area (Å²) in [4.78, 5) is 12.5. The number of anilines is 1. The zero-order valence-corrected chi connectivity index (χ0v) is 18.4. The number of carbonyl (C=O) groups is 1. The Hall–Kier alpha value is -2.38. The van der Waals surface area contributed by atoms with Crippen molar-refractivity contribution in [2.45, 2.75) is 24.3 Å². The summed E-state index contributed by atoms with van der Waals surface area (Å²) in [5, 5.41) is 0.849. The van der Waals surface area contributed by atoms with Gasteiger partial charge in [0.05, 0.1) is 21.5 Å². The van der Waals surface area contributed by atoms with Crippen LogP contribution in [0.5, 0.6) is 0 Å². The van der Waals surface area contributed by atoms with Gasteiger partial charge in [0, 0.05) is 24.1 Å². The van der Waals surface area contributed by atoms with Crippen molar-refractivity contribution >= 4 is 44.7 Å². The highest BCUT2D eigenvalue weighted by molar-refractivity contribution is 7.92. The largest absolute Gasteiger partial charge is 0.354 e. The molecule has 156 valence electrons. The molecule has 0 atom stereocenters. The Kier molecular flexibility index (Phi) is 7.15. The van der Waals surface area contributed by atoms with E-state index in [0.717, 1.165) is 16.7 Å². The smallest absolute Gasteiger partial charge is 0.261 e. The van der Waals surface area contributed by atoms with E-state index in [9.17, 15) is 13.2 Å². The maximum absolute atomic E-state index is 12.6. The monoisotopic (exact) mass is 463 g/mol. The van der Waals surface area contributed by atoms with Crippen LogP contribution in [-0.4, -0.2) is 14.2 Å². The summed E-state index contributed by atoms with van der Waals surface area (Å²) < 4.78 is 27.7. The zero-order chi connectivity index (χ0) is 21.7. The van der Waals surface area contributed by atoms with Crippen molar-refractivity contribution in [2.75, 3.05) is 4.72 Å². The molecule has 3 aromatic rings. The molecule has 0 spiro atoms. The molecule has 5 nitrogen and oxygen atoms in total. The van der Waals surface area contributed by atoms with Gasteiger partial charge in [-0.05, 0) is 47.5 Å². The number of halogens is 2. The Labute approximate surface area is 185 Å². The lowest BCUT2D eigenvalue weighted by Gasteiger charge is -2.09. The second-order valence-electron chi connectivity index (χ2n) is 6.84. The maximum Gasteiger partial charge on any atom is 0.261 e. The van der Waals surface area contributed by atoms with E-state index >= 15 is 0 Å². The Morgan fingerprint density at radius 1 is 0.800 bits per heavy atom. The number of quaternary nitrogens is 1. The Morgan fingerprint density at radius 2 is 1.37 bits per heavy atom. The SMILES string of the molecule is [NH3+]Cc1ccc(NS(=O)(=O)c2ccc(CC(=O)Cc3ccc(Cl)c(Cl)c3)cc2)cc1. The van der Waals surface area contributed by atoms with Crippen molar-refractivity contribution in [1.29, 1.82) is 0 Å². The fourth-order valence-electron chi connectivity index (χ4n) is 2.91. The summed E-state index contributed by atoms with van der Waals surface area (Å²) in [5.41, 5.74) is 6.81. The van der Waals surface area contributed by atoms with Crippen molar-refractivity contribution in [3.8, 4) is 0 Å². The van der Waals surface area contributed by atoms with E-state index in [1.807, 2.05) is 12.1 Å². The van der Waals surface area contributed by atoms with Gasteiger partial charge < -0.3 is 5.73 Å². The van der Waals surface area contributed by atoms with Gasteiger partial charge >= 0.3 is 0 Å². The highest BCUT2D eigenvalue weighted by atomic mass is 35.5. The first-order valence-electron chi connectivity index (χ1n) is 9.22. The van der Waals surface area contributed by atoms with Crippen molar-refractivity contribution in [1.82, 2.24) is 0 Å². The van der Waals surface area contributed by atoms with Gasteiger partial charge in [-0.1, -0.05) is 53.5 Å². The maximum atomic E-state index is 12.6. The first-order valence-corrected chi connectivity index (χ1v) is 11.5. The Morgan fingerprint density at radius 3 is 1.97 bits per heavy atom. The second-order valence-corrected chi connectivity index (χ2v) is 9.33. The molecular formula is C22H21Cl2N2O3S+. The molecule has 0 heterocycles. The number of nitrogens with one attached hydrogen (secondary N) is 1. The standard InChI is InChI=1S/C22H20Cl2N2O3S/c23-21-10-5-17(13-22(21)24)12-19(27)11-15-3-8-20(9-4-15)30(28,29)26-18-6-1-16(14-25)2-7-18/h1-10,13,26H,11-12,14,25H2/p+1. The average molecular weight is 464 g/mol. The molecule has 3 rings (SSSR count). The minimum absolute atomic E-state index is 0.00683. The van der Waals surface area contributed by atoms with E-state index in [4.69, 9.17) is 23.2 Å². The van der Waals surface area contributed by atoms with Gasteiger partial charge in [0.25, 0.3) is 10.0 Å². The minimum atomic E-state index is -3.71. The quantitative estimate of drug-likeness (QED) is 0.530. The van der Waals surface area contributed by atoms with Crippen LogP contribution in [0.15, 0.2) is 71.6 Å². The molecule has 0 aliphatic rings. The van der Waals surface area contributed by atoms with Gasteiger partial charge in [-0.25, -0.2) is 8.42 Å². The lowest BCUT2D eigenvalue weighted by atomic mass is 10.0. The van der Waals surface area contributed by atoms with Crippen molar-refractivity contribution in [2.24, 2.45) is 0 Å². The molecule has 4 N–H and O–H groups in total. The van der Waals surface area contributed by atoms with Crippen LogP contribution in [-0.2, 0) is 34.2 Å². The minimum Gasteiger partial charge on any atom is -0.354 e. The topological polar surface area (TPSA) is 90.9 Å². The third-order valence-electron chi connectivity index (χ3n) is 4.52. The fraction of sp³-hybridized carbons (Fsp3) is 0.136. The molecule has 0 aliphatic carbocycles. The summed E-state index contributed by atoms with van der Waals surface area (Å²) >= 11 is 11.9. The van der Waals surface area contributed by atoms with Gasteiger partial charge in [0.15, 0.2) is 0 Å². The van der Waals surface area contributed by atoms with E-state index in [1.54, 1.807) is 42.5 Å². The van der Waals surface area contributed by atoms with E-state index in [2.05, 4.69) is 10.5 Å². The molecule has 0 radical (unpaired) electrons. The molecule has 0 unspecified atom stereocenters. The highest BCUT2D eigenvalue weighted by Crippen LogP contribution is 2.23. The van der Waals surface area contributed by atoms with Gasteiger partial charge in [-0.2, -0.15) is 0 Å². The van der Waals surface area contributed by atoms with Crippen LogP contribution in [0.3, 0.4) is 0 Å². The van der Waals surface area contributed by atoms with Gasteiger partial charge in [0.1, 0.15) is 5.78 Å². The molecular weight excluding hydrogens is 443 g/mol. The van der Waals surface area contributed by atoms with Crippen LogP contribution in [0, 0.1) is 0 Å². The summed E-state index contributed by atoms with van der Waals surface area (Å²) in [6.07, 6.45) is 0.419. The number of benzene rings is 3. The predicted octanol–water partition coefficient (Wildman–Crippen LogP) is 3.89. The van der Waals surface area contributed by atoms with Crippen molar-refractivity contribution in [3.63, 3.8) is 0 Å². The molecule has 0 amide bonds.